The minimum Gasteiger partial charge on any atom is -0.383 e. The lowest BCUT2D eigenvalue weighted by molar-refractivity contribution is -0.121. The number of aromatic nitrogens is 1. The Morgan fingerprint density at radius 3 is 2.69 bits per heavy atom. The summed E-state index contributed by atoms with van der Waals surface area (Å²) in [6.07, 6.45) is 3.64. The Labute approximate surface area is 171 Å². The van der Waals surface area contributed by atoms with E-state index in [9.17, 15) is 9.59 Å². The van der Waals surface area contributed by atoms with Crippen molar-refractivity contribution in [3.05, 3.63) is 59.3 Å². The van der Waals surface area contributed by atoms with Crippen molar-refractivity contribution in [2.24, 2.45) is 0 Å². The number of rotatable bonds is 5. The Balaban J connectivity index is 1.78. The van der Waals surface area contributed by atoms with E-state index in [4.69, 9.17) is 4.74 Å². The molecule has 1 aliphatic heterocycles. The minimum absolute atomic E-state index is 0.00252. The van der Waals surface area contributed by atoms with Gasteiger partial charge >= 0.3 is 0 Å². The Bertz CT molecular complexity index is 921. The number of amides is 2. The molecule has 2 aliphatic rings. The van der Waals surface area contributed by atoms with E-state index in [1.54, 1.807) is 13.2 Å². The van der Waals surface area contributed by atoms with Crippen molar-refractivity contribution in [1.29, 1.82) is 0 Å². The lowest BCUT2D eigenvalue weighted by Crippen LogP contribution is -2.60. The van der Waals surface area contributed by atoms with Gasteiger partial charge in [-0.3, -0.25) is 9.59 Å². The van der Waals surface area contributed by atoms with Gasteiger partial charge in [-0.1, -0.05) is 37.1 Å². The molecule has 1 saturated carbocycles. The second-order valence-corrected chi connectivity index (χ2v) is 7.93. The third kappa shape index (κ3) is 3.42. The molecule has 1 unspecified atom stereocenters. The van der Waals surface area contributed by atoms with E-state index in [0.717, 1.165) is 36.9 Å². The van der Waals surface area contributed by atoms with E-state index in [1.165, 1.54) is 0 Å². The number of benzene rings is 1. The quantitative estimate of drug-likeness (QED) is 0.844. The predicted molar refractivity (Wildman–Crippen MR) is 111 cm³/mol. The van der Waals surface area contributed by atoms with E-state index in [1.807, 2.05) is 48.2 Å². The van der Waals surface area contributed by atoms with Gasteiger partial charge in [0.1, 0.15) is 5.82 Å². The molecule has 2 heterocycles. The molecule has 0 radical (unpaired) electrons. The Morgan fingerprint density at radius 2 is 1.97 bits per heavy atom. The number of nitrogens with one attached hydrogen (secondary N) is 1. The number of nitrogens with zero attached hydrogens (tertiary/aromatic N) is 2. The second kappa shape index (κ2) is 7.95. The fourth-order valence-electron chi connectivity index (χ4n) is 4.99. The lowest BCUT2D eigenvalue weighted by Gasteiger charge is -2.50. The topological polar surface area (TPSA) is 71.5 Å². The fourth-order valence-corrected chi connectivity index (χ4v) is 4.99. The van der Waals surface area contributed by atoms with Gasteiger partial charge in [-0.2, -0.15) is 0 Å². The number of fused-ring (bicyclic) bond motifs is 1. The summed E-state index contributed by atoms with van der Waals surface area (Å²) in [5, 5.41) is 3.02. The maximum Gasteiger partial charge on any atom is 0.254 e. The summed E-state index contributed by atoms with van der Waals surface area (Å²) in [4.78, 5) is 33.3. The molecule has 1 aliphatic carbocycles. The normalized spacial score (nSPS) is 20.0. The van der Waals surface area contributed by atoms with Crippen LogP contribution in [0, 0.1) is 6.92 Å². The van der Waals surface area contributed by atoms with Crippen LogP contribution in [0.1, 0.15) is 53.2 Å². The molecule has 0 saturated heterocycles. The first kappa shape index (κ1) is 19.6. The largest absolute Gasteiger partial charge is 0.383 e. The van der Waals surface area contributed by atoms with Crippen LogP contribution >= 0.6 is 0 Å². The van der Waals surface area contributed by atoms with Gasteiger partial charge in [-0.25, -0.2) is 4.98 Å². The molecule has 0 bridgehead atoms. The van der Waals surface area contributed by atoms with E-state index < -0.39 is 11.5 Å². The van der Waals surface area contributed by atoms with Crippen LogP contribution in [-0.2, 0) is 9.53 Å². The molecule has 2 amide bonds. The Kier molecular flexibility index (Phi) is 5.37. The third-order valence-corrected chi connectivity index (χ3v) is 6.21. The molecule has 1 fully saturated rings. The van der Waals surface area contributed by atoms with Crippen LogP contribution < -0.4 is 5.32 Å². The van der Waals surface area contributed by atoms with E-state index in [2.05, 4.69) is 10.3 Å². The summed E-state index contributed by atoms with van der Waals surface area (Å²) in [6, 6.07) is 13.1. The van der Waals surface area contributed by atoms with Crippen molar-refractivity contribution in [2.45, 2.75) is 44.1 Å². The molecule has 29 heavy (non-hydrogen) atoms. The molecule has 6 heteroatoms. The highest BCUT2D eigenvalue weighted by Gasteiger charge is 2.55. The standard InChI is InChI=1S/C23H27N3O3/c1-16-8-7-11-19(24-16)25-21(27)20-17-9-3-4-10-18(17)22(28)26(14-15-29-2)23(20)12-5-6-13-23/h3-4,7-11,20H,5-6,12-15H2,1-2H3,(H,24,25,27). The van der Waals surface area contributed by atoms with Gasteiger partial charge in [0.25, 0.3) is 5.91 Å². The molecule has 1 aromatic heterocycles. The summed E-state index contributed by atoms with van der Waals surface area (Å²) in [5.74, 6) is 0.00341. The first-order valence-corrected chi connectivity index (χ1v) is 10.2. The number of carbonyl (C=O) groups excluding carboxylic acids is 2. The fraction of sp³-hybridized carbons (Fsp3) is 0.435. The van der Waals surface area contributed by atoms with Gasteiger partial charge in [0.05, 0.1) is 18.1 Å². The maximum atomic E-state index is 13.6. The van der Waals surface area contributed by atoms with Gasteiger partial charge in [-0.15, -0.1) is 0 Å². The van der Waals surface area contributed by atoms with Crippen LogP contribution in [0.5, 0.6) is 0 Å². The molecular formula is C23H27N3O3. The number of methoxy groups -OCH3 is 1. The number of aryl methyl sites for hydroxylation is 1. The highest BCUT2D eigenvalue weighted by molar-refractivity contribution is 6.04. The summed E-state index contributed by atoms with van der Waals surface area (Å²) in [5.41, 5.74) is 1.76. The van der Waals surface area contributed by atoms with Crippen LogP contribution in [-0.4, -0.2) is 47.5 Å². The summed E-state index contributed by atoms with van der Waals surface area (Å²) >= 11 is 0. The van der Waals surface area contributed by atoms with Crippen molar-refractivity contribution < 1.29 is 14.3 Å². The maximum absolute atomic E-state index is 13.6. The van der Waals surface area contributed by atoms with Gasteiger partial charge in [0.2, 0.25) is 5.91 Å². The van der Waals surface area contributed by atoms with Gasteiger partial charge in [0, 0.05) is 24.9 Å². The molecule has 2 aromatic rings. The molecule has 1 aromatic carbocycles. The smallest absolute Gasteiger partial charge is 0.254 e. The first-order valence-electron chi connectivity index (χ1n) is 10.2. The second-order valence-electron chi connectivity index (χ2n) is 7.93. The van der Waals surface area contributed by atoms with Crippen LogP contribution in [0.2, 0.25) is 0 Å². The molecule has 1 spiro atoms. The van der Waals surface area contributed by atoms with Gasteiger partial charge < -0.3 is 15.0 Å². The number of anilines is 1. The van der Waals surface area contributed by atoms with Crippen molar-refractivity contribution in [3.63, 3.8) is 0 Å². The zero-order valence-electron chi connectivity index (χ0n) is 17.0. The van der Waals surface area contributed by atoms with Crippen molar-refractivity contribution >= 4 is 17.6 Å². The number of ether oxygens (including phenoxy) is 1. The van der Waals surface area contributed by atoms with Gasteiger partial charge in [-0.05, 0) is 43.5 Å². The van der Waals surface area contributed by atoms with Crippen molar-refractivity contribution in [3.8, 4) is 0 Å². The zero-order chi connectivity index (χ0) is 20.4. The third-order valence-electron chi connectivity index (χ3n) is 6.21. The van der Waals surface area contributed by atoms with Crippen LogP contribution in [0.25, 0.3) is 0 Å². The summed E-state index contributed by atoms with van der Waals surface area (Å²) in [6.45, 7) is 2.83. The highest BCUT2D eigenvalue weighted by Crippen LogP contribution is 2.50. The monoisotopic (exact) mass is 393 g/mol. The molecule has 1 atom stereocenters. The van der Waals surface area contributed by atoms with E-state index >= 15 is 0 Å². The first-order chi connectivity index (χ1) is 14.1. The lowest BCUT2D eigenvalue weighted by atomic mass is 9.71. The highest BCUT2D eigenvalue weighted by atomic mass is 16.5. The summed E-state index contributed by atoms with van der Waals surface area (Å²) < 4.78 is 5.28. The number of hydrogen-bond donors (Lipinski definition) is 1. The van der Waals surface area contributed by atoms with E-state index in [-0.39, 0.29) is 11.8 Å². The minimum atomic E-state index is -0.516. The Morgan fingerprint density at radius 1 is 1.21 bits per heavy atom. The number of pyridine rings is 1. The van der Waals surface area contributed by atoms with Crippen molar-refractivity contribution in [1.82, 2.24) is 9.88 Å². The molecule has 152 valence electrons. The molecule has 6 nitrogen and oxygen atoms in total. The van der Waals surface area contributed by atoms with Crippen LogP contribution in [0.3, 0.4) is 0 Å². The molecule has 4 rings (SSSR count). The molecular weight excluding hydrogens is 366 g/mol. The summed E-state index contributed by atoms with van der Waals surface area (Å²) in [7, 11) is 1.64. The molecule has 1 N–H and O–H groups in total. The average Bonchev–Trinajstić information content (AvgIpc) is 3.18. The van der Waals surface area contributed by atoms with Gasteiger partial charge in [0.15, 0.2) is 0 Å². The number of hydrogen-bond acceptors (Lipinski definition) is 4. The average molecular weight is 393 g/mol. The number of carbonyl (C=O) groups is 2. The SMILES string of the molecule is COCCN1C(=O)c2ccccc2C(C(=O)Nc2cccc(C)n2)C12CCCC2. The Hall–Kier alpha value is -2.73. The zero-order valence-corrected chi connectivity index (χ0v) is 17.0. The van der Waals surface area contributed by atoms with Crippen LogP contribution in [0.4, 0.5) is 5.82 Å². The van der Waals surface area contributed by atoms with Crippen LogP contribution in [0.15, 0.2) is 42.5 Å². The predicted octanol–water partition coefficient (Wildman–Crippen LogP) is 3.53. The van der Waals surface area contributed by atoms with E-state index in [0.29, 0.717) is 24.5 Å². The van der Waals surface area contributed by atoms with Crippen molar-refractivity contribution in [2.75, 3.05) is 25.6 Å².